The van der Waals surface area contributed by atoms with Crippen LogP contribution in [0.2, 0.25) is 0 Å². The Morgan fingerprint density at radius 2 is 2.00 bits per heavy atom. The number of ketones is 1. The molecule has 0 aliphatic rings. The zero-order chi connectivity index (χ0) is 14.0. The lowest BCUT2D eigenvalue weighted by atomic mass is 10.1. The van der Waals surface area contributed by atoms with Crippen molar-refractivity contribution in [3.05, 3.63) is 57.8 Å². The Morgan fingerprint density at radius 1 is 1.26 bits per heavy atom. The number of carbonyl (C=O) groups excluding carboxylic acids is 1. The second-order valence-corrected chi connectivity index (χ2v) is 4.75. The van der Waals surface area contributed by atoms with E-state index in [9.17, 15) is 13.6 Å². The molecular weight excluding hydrogens is 318 g/mol. The molecule has 0 bridgehead atoms. The number of anilines is 1. The van der Waals surface area contributed by atoms with Crippen LogP contribution in [-0.4, -0.2) is 10.8 Å². The predicted octanol–water partition coefficient (Wildman–Crippen LogP) is 3.13. The maximum absolute atomic E-state index is 13.7. The van der Waals surface area contributed by atoms with Crippen LogP contribution < -0.4 is 5.73 Å². The van der Waals surface area contributed by atoms with Crippen LogP contribution in [0.4, 0.5) is 14.5 Å². The maximum Gasteiger partial charge on any atom is 0.185 e. The van der Waals surface area contributed by atoms with Crippen LogP contribution in [0.3, 0.4) is 0 Å². The number of pyridine rings is 1. The molecule has 1 aromatic carbocycles. The van der Waals surface area contributed by atoms with E-state index in [1.165, 1.54) is 24.4 Å². The van der Waals surface area contributed by atoms with Gasteiger partial charge >= 0.3 is 0 Å². The van der Waals surface area contributed by atoms with Gasteiger partial charge in [0, 0.05) is 12.0 Å². The quantitative estimate of drug-likeness (QED) is 0.696. The van der Waals surface area contributed by atoms with Gasteiger partial charge in [0.1, 0.15) is 17.3 Å². The lowest BCUT2D eigenvalue weighted by molar-refractivity contribution is 0.0986. The van der Waals surface area contributed by atoms with Crippen LogP contribution in [0.15, 0.2) is 34.9 Å². The molecule has 0 atom stereocenters. The fourth-order valence-corrected chi connectivity index (χ4v) is 1.92. The van der Waals surface area contributed by atoms with Gasteiger partial charge in [-0.3, -0.25) is 9.78 Å². The number of benzene rings is 1. The molecule has 0 saturated carbocycles. The molecule has 0 amide bonds. The lowest BCUT2D eigenvalue weighted by Crippen LogP contribution is -2.09. The van der Waals surface area contributed by atoms with Crippen LogP contribution in [0.5, 0.6) is 0 Å². The van der Waals surface area contributed by atoms with Gasteiger partial charge in [-0.25, -0.2) is 8.78 Å². The number of aromatic nitrogens is 1. The minimum atomic E-state index is -0.774. The maximum atomic E-state index is 13.7. The van der Waals surface area contributed by atoms with E-state index in [4.69, 9.17) is 5.73 Å². The summed E-state index contributed by atoms with van der Waals surface area (Å²) in [5.41, 5.74) is 5.70. The summed E-state index contributed by atoms with van der Waals surface area (Å²) in [5, 5.41) is 0. The van der Waals surface area contributed by atoms with Crippen molar-refractivity contribution in [2.75, 3.05) is 5.73 Å². The van der Waals surface area contributed by atoms with Gasteiger partial charge in [-0.2, -0.15) is 0 Å². The summed E-state index contributed by atoms with van der Waals surface area (Å²) in [6, 6.07) is 5.28. The number of rotatable bonds is 3. The first-order valence-electron chi connectivity index (χ1n) is 5.36. The van der Waals surface area contributed by atoms with Crippen LogP contribution in [0, 0.1) is 11.6 Å². The highest BCUT2D eigenvalue weighted by atomic mass is 79.9. The van der Waals surface area contributed by atoms with Crippen molar-refractivity contribution in [2.24, 2.45) is 0 Å². The van der Waals surface area contributed by atoms with E-state index in [0.29, 0.717) is 5.69 Å². The Bertz CT molecular complexity index is 629. The third kappa shape index (κ3) is 2.96. The first kappa shape index (κ1) is 13.6. The van der Waals surface area contributed by atoms with Gasteiger partial charge in [-0.1, -0.05) is 0 Å². The van der Waals surface area contributed by atoms with Crippen molar-refractivity contribution in [3.8, 4) is 0 Å². The van der Waals surface area contributed by atoms with E-state index in [1.54, 1.807) is 0 Å². The molecule has 1 aromatic heterocycles. The van der Waals surface area contributed by atoms with Gasteiger partial charge < -0.3 is 5.73 Å². The Balaban J connectivity index is 2.29. The van der Waals surface area contributed by atoms with Gasteiger partial charge in [0.2, 0.25) is 0 Å². The van der Waals surface area contributed by atoms with E-state index in [2.05, 4.69) is 20.9 Å². The summed E-state index contributed by atoms with van der Waals surface area (Å²) >= 11 is 2.95. The number of nitrogens with two attached hydrogens (primary N) is 1. The van der Waals surface area contributed by atoms with Crippen LogP contribution >= 0.6 is 15.9 Å². The molecule has 0 radical (unpaired) electrons. The molecule has 2 rings (SSSR count). The molecule has 98 valence electrons. The topological polar surface area (TPSA) is 56.0 Å². The zero-order valence-electron chi connectivity index (χ0n) is 9.66. The van der Waals surface area contributed by atoms with Crippen molar-refractivity contribution < 1.29 is 13.6 Å². The largest absolute Gasteiger partial charge is 0.397 e. The monoisotopic (exact) mass is 326 g/mol. The fourth-order valence-electron chi connectivity index (χ4n) is 1.55. The predicted molar refractivity (Wildman–Crippen MR) is 70.7 cm³/mol. The molecular formula is C13H9BrF2N2O. The SMILES string of the molecule is Nc1ccc(C(=O)Cc2c(F)ccc(Br)c2F)nc1. The Morgan fingerprint density at radius 3 is 2.63 bits per heavy atom. The Labute approximate surface area is 116 Å². The first-order valence-corrected chi connectivity index (χ1v) is 6.15. The van der Waals surface area contributed by atoms with Crippen molar-refractivity contribution in [1.29, 1.82) is 0 Å². The summed E-state index contributed by atoms with van der Waals surface area (Å²) in [6.07, 6.45) is 0.925. The molecule has 19 heavy (non-hydrogen) atoms. The lowest BCUT2D eigenvalue weighted by Gasteiger charge is -2.06. The molecule has 2 N–H and O–H groups in total. The van der Waals surface area contributed by atoms with E-state index in [-0.39, 0.29) is 15.7 Å². The second kappa shape index (κ2) is 5.44. The number of hydrogen-bond acceptors (Lipinski definition) is 3. The third-order valence-electron chi connectivity index (χ3n) is 2.55. The Kier molecular flexibility index (Phi) is 3.90. The van der Waals surface area contributed by atoms with E-state index >= 15 is 0 Å². The minimum absolute atomic E-state index is 0.113. The van der Waals surface area contributed by atoms with Gasteiger partial charge in [-0.15, -0.1) is 0 Å². The normalized spacial score (nSPS) is 10.5. The summed E-state index contributed by atoms with van der Waals surface area (Å²) in [7, 11) is 0. The number of Topliss-reactive ketones (excluding diaryl/α,β-unsaturated/α-hetero) is 1. The average molecular weight is 327 g/mol. The minimum Gasteiger partial charge on any atom is -0.397 e. The second-order valence-electron chi connectivity index (χ2n) is 3.90. The van der Waals surface area contributed by atoms with Crippen LogP contribution in [-0.2, 0) is 6.42 Å². The van der Waals surface area contributed by atoms with Crippen LogP contribution in [0.25, 0.3) is 0 Å². The molecule has 0 fully saturated rings. The number of hydrogen-bond donors (Lipinski definition) is 1. The summed E-state index contributed by atoms with van der Waals surface area (Å²) < 4.78 is 27.4. The van der Waals surface area contributed by atoms with E-state index in [0.717, 1.165) is 6.07 Å². The number of nitrogens with zero attached hydrogens (tertiary/aromatic N) is 1. The molecule has 0 unspecified atom stereocenters. The van der Waals surface area contributed by atoms with E-state index in [1.807, 2.05) is 0 Å². The Hall–Kier alpha value is -1.82. The van der Waals surface area contributed by atoms with Crippen molar-refractivity contribution >= 4 is 27.4 Å². The molecule has 3 nitrogen and oxygen atoms in total. The van der Waals surface area contributed by atoms with Crippen LogP contribution in [0.1, 0.15) is 16.1 Å². The number of nitrogen functional groups attached to an aromatic ring is 1. The highest BCUT2D eigenvalue weighted by molar-refractivity contribution is 9.10. The summed E-state index contributed by atoms with van der Waals surface area (Å²) in [6.45, 7) is 0. The molecule has 2 aromatic rings. The molecule has 0 spiro atoms. The van der Waals surface area contributed by atoms with Crippen molar-refractivity contribution in [2.45, 2.75) is 6.42 Å². The summed E-state index contributed by atoms with van der Waals surface area (Å²) in [5.74, 6) is -2.01. The molecule has 1 heterocycles. The number of carbonyl (C=O) groups is 1. The highest BCUT2D eigenvalue weighted by Gasteiger charge is 2.17. The molecule has 0 aliphatic heterocycles. The summed E-state index contributed by atoms with van der Waals surface area (Å²) in [4.78, 5) is 15.7. The van der Waals surface area contributed by atoms with Gasteiger partial charge in [-0.05, 0) is 40.2 Å². The third-order valence-corrected chi connectivity index (χ3v) is 3.16. The van der Waals surface area contributed by atoms with Crippen molar-refractivity contribution in [1.82, 2.24) is 4.98 Å². The average Bonchev–Trinajstić information content (AvgIpc) is 2.40. The zero-order valence-corrected chi connectivity index (χ0v) is 11.2. The molecule has 0 saturated heterocycles. The van der Waals surface area contributed by atoms with E-state index < -0.39 is 23.8 Å². The smallest absolute Gasteiger partial charge is 0.185 e. The molecule has 6 heteroatoms. The first-order chi connectivity index (χ1) is 8.99. The van der Waals surface area contributed by atoms with Crippen molar-refractivity contribution in [3.63, 3.8) is 0 Å². The highest BCUT2D eigenvalue weighted by Crippen LogP contribution is 2.22. The number of halogens is 3. The van der Waals surface area contributed by atoms with Gasteiger partial charge in [0.25, 0.3) is 0 Å². The van der Waals surface area contributed by atoms with Gasteiger partial charge in [0.15, 0.2) is 5.78 Å². The standard InChI is InChI=1S/C13H9BrF2N2O/c14-9-2-3-10(15)8(13(9)16)5-12(19)11-4-1-7(17)6-18-11/h1-4,6H,5,17H2. The fraction of sp³-hybridized carbons (Fsp3) is 0.0769. The molecule has 0 aliphatic carbocycles. The van der Waals surface area contributed by atoms with Gasteiger partial charge in [0.05, 0.1) is 16.4 Å².